The summed E-state index contributed by atoms with van der Waals surface area (Å²) in [6, 6.07) is 25.7. The fourth-order valence-corrected chi connectivity index (χ4v) is 3.47. The molecule has 3 rings (SSSR count). The predicted octanol–water partition coefficient (Wildman–Crippen LogP) is 6.15. The van der Waals surface area contributed by atoms with Gasteiger partial charge in [0.05, 0.1) is 0 Å². The number of halogens is 1. The zero-order valence-electron chi connectivity index (χ0n) is 16.2. The third-order valence-corrected chi connectivity index (χ3v) is 5.43. The van der Waals surface area contributed by atoms with Crippen molar-refractivity contribution in [2.45, 2.75) is 19.8 Å². The van der Waals surface area contributed by atoms with Gasteiger partial charge in [-0.3, -0.25) is 4.79 Å². The molecular formula is C25H21BrN2O. The van der Waals surface area contributed by atoms with Crippen LogP contribution < -0.4 is 5.32 Å². The van der Waals surface area contributed by atoms with Crippen molar-refractivity contribution in [3.8, 4) is 6.07 Å². The Labute approximate surface area is 179 Å². The molecule has 3 nitrogen and oxygen atoms in total. The lowest BCUT2D eigenvalue weighted by Gasteiger charge is -2.09. The maximum Gasteiger partial charge on any atom is 0.266 e. The van der Waals surface area contributed by atoms with E-state index < -0.39 is 5.91 Å². The largest absolute Gasteiger partial charge is 0.321 e. The first-order valence-electron chi connectivity index (χ1n) is 9.44. The van der Waals surface area contributed by atoms with E-state index in [4.69, 9.17) is 0 Å². The molecule has 1 amide bonds. The minimum absolute atomic E-state index is 0.0782. The van der Waals surface area contributed by atoms with Crippen LogP contribution >= 0.6 is 15.9 Å². The van der Waals surface area contributed by atoms with Crippen molar-refractivity contribution in [3.05, 3.63) is 105 Å². The molecule has 0 aromatic heterocycles. The smallest absolute Gasteiger partial charge is 0.266 e. The summed E-state index contributed by atoms with van der Waals surface area (Å²) in [6.45, 7) is 2.03. The standard InChI is InChI=1S/C25H21BrN2O/c1-2-20-7-4-6-10-24(20)28-25(29)22(17-27)16-19-13-11-18(12-14-19)15-21-8-3-5-9-23(21)26/h3-14,16H,2,15H2,1H3,(H,28,29)/b22-16+. The number of hydrogen-bond acceptors (Lipinski definition) is 2. The molecule has 0 aliphatic rings. The number of amides is 1. The van der Waals surface area contributed by atoms with Crippen LogP contribution in [-0.2, 0) is 17.6 Å². The van der Waals surface area contributed by atoms with Crippen LogP contribution in [0.1, 0.15) is 29.2 Å². The van der Waals surface area contributed by atoms with E-state index in [1.165, 1.54) is 5.56 Å². The summed E-state index contributed by atoms with van der Waals surface area (Å²) in [7, 11) is 0. The number of anilines is 1. The molecule has 0 bridgehead atoms. The molecule has 1 N–H and O–H groups in total. The summed E-state index contributed by atoms with van der Waals surface area (Å²) in [5.74, 6) is -0.398. The second kappa shape index (κ2) is 9.86. The monoisotopic (exact) mass is 444 g/mol. The number of rotatable bonds is 6. The van der Waals surface area contributed by atoms with E-state index in [0.29, 0.717) is 0 Å². The summed E-state index contributed by atoms with van der Waals surface area (Å²) in [4.78, 5) is 12.6. The number of nitriles is 1. The lowest BCUT2D eigenvalue weighted by atomic mass is 10.0. The van der Waals surface area contributed by atoms with Crippen LogP contribution in [0.15, 0.2) is 82.8 Å². The van der Waals surface area contributed by atoms with Gasteiger partial charge in [0.2, 0.25) is 0 Å². The fourth-order valence-electron chi connectivity index (χ4n) is 3.05. The van der Waals surface area contributed by atoms with Gasteiger partial charge >= 0.3 is 0 Å². The van der Waals surface area contributed by atoms with E-state index in [9.17, 15) is 10.1 Å². The highest BCUT2D eigenvalue weighted by molar-refractivity contribution is 9.10. The summed E-state index contributed by atoms with van der Waals surface area (Å²) < 4.78 is 1.08. The molecule has 0 aliphatic carbocycles. The van der Waals surface area contributed by atoms with Gasteiger partial charge in [-0.05, 0) is 53.3 Å². The molecule has 0 aliphatic heterocycles. The maximum atomic E-state index is 12.6. The van der Waals surface area contributed by atoms with Gasteiger partial charge in [-0.25, -0.2) is 0 Å². The first-order chi connectivity index (χ1) is 14.1. The van der Waals surface area contributed by atoms with Crippen molar-refractivity contribution in [1.82, 2.24) is 0 Å². The first kappa shape index (κ1) is 20.6. The number of para-hydroxylation sites is 1. The zero-order valence-corrected chi connectivity index (χ0v) is 17.7. The minimum atomic E-state index is -0.398. The number of benzene rings is 3. The van der Waals surface area contributed by atoms with Crippen LogP contribution in [0.3, 0.4) is 0 Å². The van der Waals surface area contributed by atoms with E-state index in [0.717, 1.165) is 39.7 Å². The summed E-state index contributed by atoms with van der Waals surface area (Å²) >= 11 is 3.57. The number of aryl methyl sites for hydroxylation is 1. The van der Waals surface area contributed by atoms with Crippen LogP contribution in [-0.4, -0.2) is 5.91 Å². The molecule has 4 heteroatoms. The second-order valence-corrected chi connectivity index (χ2v) is 7.50. The lowest BCUT2D eigenvalue weighted by molar-refractivity contribution is -0.112. The van der Waals surface area contributed by atoms with Crippen molar-refractivity contribution in [2.75, 3.05) is 5.32 Å². The number of carbonyl (C=O) groups is 1. The van der Waals surface area contributed by atoms with Gasteiger partial charge in [0.1, 0.15) is 11.6 Å². The number of hydrogen-bond donors (Lipinski definition) is 1. The average Bonchev–Trinajstić information content (AvgIpc) is 2.75. The summed E-state index contributed by atoms with van der Waals surface area (Å²) in [5.41, 5.74) is 5.04. The van der Waals surface area contributed by atoms with Crippen molar-refractivity contribution < 1.29 is 4.79 Å². The van der Waals surface area contributed by atoms with Gasteiger partial charge in [0, 0.05) is 10.2 Å². The van der Waals surface area contributed by atoms with Crippen molar-refractivity contribution >= 4 is 33.6 Å². The van der Waals surface area contributed by atoms with Crippen LogP contribution in [0.4, 0.5) is 5.69 Å². The van der Waals surface area contributed by atoms with Crippen LogP contribution in [0.25, 0.3) is 6.08 Å². The Hall–Kier alpha value is -3.16. The molecule has 0 heterocycles. The Balaban J connectivity index is 1.74. The highest BCUT2D eigenvalue weighted by Crippen LogP contribution is 2.21. The molecule has 0 saturated carbocycles. The zero-order chi connectivity index (χ0) is 20.6. The Morgan fingerprint density at radius 1 is 1.00 bits per heavy atom. The lowest BCUT2D eigenvalue weighted by Crippen LogP contribution is -2.14. The Kier molecular flexibility index (Phi) is 6.99. The maximum absolute atomic E-state index is 12.6. The van der Waals surface area contributed by atoms with E-state index in [1.54, 1.807) is 6.08 Å². The van der Waals surface area contributed by atoms with E-state index in [2.05, 4.69) is 27.3 Å². The molecule has 0 saturated heterocycles. The van der Waals surface area contributed by atoms with Gasteiger partial charge in [0.15, 0.2) is 0 Å². The third-order valence-electron chi connectivity index (χ3n) is 4.65. The molecule has 3 aromatic carbocycles. The van der Waals surface area contributed by atoms with Gasteiger partial charge in [-0.15, -0.1) is 0 Å². The van der Waals surface area contributed by atoms with Crippen LogP contribution in [0.5, 0.6) is 0 Å². The highest BCUT2D eigenvalue weighted by Gasteiger charge is 2.11. The summed E-state index contributed by atoms with van der Waals surface area (Å²) in [6.07, 6.45) is 3.23. The fraction of sp³-hybridized carbons (Fsp3) is 0.120. The third kappa shape index (κ3) is 5.43. The topological polar surface area (TPSA) is 52.9 Å². The molecule has 0 spiro atoms. The molecule has 0 unspecified atom stereocenters. The number of nitrogens with one attached hydrogen (secondary N) is 1. The van der Waals surface area contributed by atoms with Crippen molar-refractivity contribution in [3.63, 3.8) is 0 Å². The van der Waals surface area contributed by atoms with Gasteiger partial charge in [0.25, 0.3) is 5.91 Å². The summed E-state index contributed by atoms with van der Waals surface area (Å²) in [5, 5.41) is 12.3. The normalized spacial score (nSPS) is 11.0. The molecule has 29 heavy (non-hydrogen) atoms. The van der Waals surface area contributed by atoms with Crippen LogP contribution in [0.2, 0.25) is 0 Å². The average molecular weight is 445 g/mol. The van der Waals surface area contributed by atoms with Gasteiger partial charge < -0.3 is 5.32 Å². The Bertz CT molecular complexity index is 1080. The van der Waals surface area contributed by atoms with Crippen LogP contribution in [0, 0.1) is 11.3 Å². The van der Waals surface area contributed by atoms with Gasteiger partial charge in [-0.1, -0.05) is 83.5 Å². The highest BCUT2D eigenvalue weighted by atomic mass is 79.9. The quantitative estimate of drug-likeness (QED) is 0.366. The Morgan fingerprint density at radius 3 is 2.31 bits per heavy atom. The molecule has 0 atom stereocenters. The number of nitrogens with zero attached hydrogens (tertiary/aromatic N) is 1. The molecular weight excluding hydrogens is 424 g/mol. The van der Waals surface area contributed by atoms with E-state index in [-0.39, 0.29) is 5.57 Å². The molecule has 144 valence electrons. The minimum Gasteiger partial charge on any atom is -0.321 e. The molecule has 3 aromatic rings. The molecule has 0 radical (unpaired) electrons. The predicted molar refractivity (Wildman–Crippen MR) is 121 cm³/mol. The molecule has 0 fully saturated rings. The van der Waals surface area contributed by atoms with Crippen molar-refractivity contribution in [2.24, 2.45) is 0 Å². The SMILES string of the molecule is CCc1ccccc1NC(=O)/C(C#N)=C/c1ccc(Cc2ccccc2Br)cc1. The Morgan fingerprint density at radius 2 is 1.66 bits per heavy atom. The second-order valence-electron chi connectivity index (χ2n) is 6.64. The van der Waals surface area contributed by atoms with Crippen molar-refractivity contribution in [1.29, 1.82) is 5.26 Å². The van der Waals surface area contributed by atoms with Gasteiger partial charge in [-0.2, -0.15) is 5.26 Å². The number of carbonyl (C=O) groups excluding carboxylic acids is 1. The first-order valence-corrected chi connectivity index (χ1v) is 10.2. The van der Waals surface area contributed by atoms with E-state index >= 15 is 0 Å². The van der Waals surface area contributed by atoms with E-state index in [1.807, 2.05) is 79.7 Å².